The zero-order chi connectivity index (χ0) is 20.8. The third-order valence-electron chi connectivity index (χ3n) is 4.58. The fourth-order valence-corrected chi connectivity index (χ4v) is 3.01. The van der Waals surface area contributed by atoms with Crippen LogP contribution in [-0.4, -0.2) is 47.8 Å². The average molecular weight is 395 g/mol. The Labute approximate surface area is 170 Å². The van der Waals surface area contributed by atoms with Gasteiger partial charge in [0.05, 0.1) is 14.2 Å². The zero-order valence-electron chi connectivity index (χ0n) is 17.1. The molecule has 1 aromatic heterocycles. The number of ether oxygens (including phenoxy) is 2. The van der Waals surface area contributed by atoms with Crippen molar-refractivity contribution in [2.45, 2.75) is 26.3 Å². The van der Waals surface area contributed by atoms with E-state index in [9.17, 15) is 4.79 Å². The number of hydrogen-bond donors (Lipinski definition) is 0. The number of carbonyl (C=O) groups is 1. The first-order chi connectivity index (χ1) is 14.0. The normalized spacial score (nSPS) is 10.8. The maximum absolute atomic E-state index is 12.8. The predicted molar refractivity (Wildman–Crippen MR) is 109 cm³/mol. The molecule has 3 rings (SSSR count). The van der Waals surface area contributed by atoms with Gasteiger partial charge in [-0.3, -0.25) is 4.79 Å². The van der Waals surface area contributed by atoms with E-state index in [-0.39, 0.29) is 11.9 Å². The molecule has 0 spiro atoms. The van der Waals surface area contributed by atoms with Crippen LogP contribution in [0.2, 0.25) is 0 Å². The van der Waals surface area contributed by atoms with Crippen molar-refractivity contribution < 1.29 is 18.8 Å². The second-order valence-corrected chi connectivity index (χ2v) is 6.79. The van der Waals surface area contributed by atoms with Crippen molar-refractivity contribution in [1.29, 1.82) is 0 Å². The van der Waals surface area contributed by atoms with Crippen molar-refractivity contribution in [1.82, 2.24) is 15.0 Å². The van der Waals surface area contributed by atoms with E-state index in [1.807, 2.05) is 50.2 Å². The molecule has 3 aromatic rings. The third kappa shape index (κ3) is 4.74. The molecule has 0 aliphatic rings. The highest BCUT2D eigenvalue weighted by Crippen LogP contribution is 2.31. The number of methoxy groups -OCH3 is 2. The molecule has 7 heteroatoms. The molecule has 0 fully saturated rings. The second kappa shape index (κ2) is 9.23. The van der Waals surface area contributed by atoms with E-state index in [1.54, 1.807) is 31.3 Å². The molecule has 0 aliphatic heterocycles. The molecule has 0 saturated heterocycles. The molecular formula is C22H25N3O4. The Balaban J connectivity index is 1.71. The summed E-state index contributed by atoms with van der Waals surface area (Å²) in [5.74, 6) is 2.15. The number of benzene rings is 2. The molecule has 1 amide bonds. The van der Waals surface area contributed by atoms with E-state index in [2.05, 4.69) is 10.1 Å². The lowest BCUT2D eigenvalue weighted by atomic mass is 10.1. The molecule has 0 bridgehead atoms. The first-order valence-corrected chi connectivity index (χ1v) is 9.44. The largest absolute Gasteiger partial charge is 0.493 e. The number of amides is 1. The molecule has 0 N–H and O–H groups in total. The van der Waals surface area contributed by atoms with Gasteiger partial charge in [0.1, 0.15) is 0 Å². The number of nitrogens with zero attached hydrogens (tertiary/aromatic N) is 3. The molecule has 0 unspecified atom stereocenters. The summed E-state index contributed by atoms with van der Waals surface area (Å²) in [5, 5.41) is 4.06. The Bertz CT molecular complexity index is 954. The lowest BCUT2D eigenvalue weighted by Crippen LogP contribution is -2.38. The van der Waals surface area contributed by atoms with Gasteiger partial charge in [0, 0.05) is 30.1 Å². The summed E-state index contributed by atoms with van der Waals surface area (Å²) in [4.78, 5) is 19.1. The van der Waals surface area contributed by atoms with E-state index in [0.29, 0.717) is 41.7 Å². The number of carbonyl (C=O) groups excluding carboxylic acids is 1. The van der Waals surface area contributed by atoms with Gasteiger partial charge >= 0.3 is 0 Å². The van der Waals surface area contributed by atoms with Crippen LogP contribution in [-0.2, 0) is 6.42 Å². The summed E-state index contributed by atoms with van der Waals surface area (Å²) < 4.78 is 16.0. The molecule has 29 heavy (non-hydrogen) atoms. The van der Waals surface area contributed by atoms with Crippen molar-refractivity contribution in [3.05, 3.63) is 60.0 Å². The fourth-order valence-electron chi connectivity index (χ4n) is 3.01. The smallest absolute Gasteiger partial charge is 0.254 e. The van der Waals surface area contributed by atoms with Crippen LogP contribution in [0.4, 0.5) is 0 Å². The minimum Gasteiger partial charge on any atom is -0.493 e. The highest BCUT2D eigenvalue weighted by molar-refractivity contribution is 5.94. The van der Waals surface area contributed by atoms with Crippen LogP contribution >= 0.6 is 0 Å². The van der Waals surface area contributed by atoms with Crippen molar-refractivity contribution >= 4 is 5.91 Å². The maximum Gasteiger partial charge on any atom is 0.254 e. The van der Waals surface area contributed by atoms with Crippen LogP contribution in [0.25, 0.3) is 11.4 Å². The second-order valence-electron chi connectivity index (χ2n) is 6.79. The average Bonchev–Trinajstić information content (AvgIpc) is 3.22. The van der Waals surface area contributed by atoms with Gasteiger partial charge in [-0.25, -0.2) is 0 Å². The predicted octanol–water partition coefficient (Wildman–Crippen LogP) is 3.85. The van der Waals surface area contributed by atoms with Gasteiger partial charge in [0.15, 0.2) is 11.5 Å². The highest BCUT2D eigenvalue weighted by atomic mass is 16.5. The van der Waals surface area contributed by atoms with E-state index in [0.717, 1.165) is 5.56 Å². The van der Waals surface area contributed by atoms with Crippen LogP contribution in [0, 0.1) is 0 Å². The van der Waals surface area contributed by atoms with Gasteiger partial charge in [0.2, 0.25) is 11.7 Å². The summed E-state index contributed by atoms with van der Waals surface area (Å²) in [6.45, 7) is 4.46. The van der Waals surface area contributed by atoms with Gasteiger partial charge in [-0.05, 0) is 44.2 Å². The van der Waals surface area contributed by atoms with Gasteiger partial charge in [0.25, 0.3) is 5.91 Å². The zero-order valence-corrected chi connectivity index (χ0v) is 17.1. The van der Waals surface area contributed by atoms with Crippen LogP contribution in [0.15, 0.2) is 53.1 Å². The van der Waals surface area contributed by atoms with E-state index in [1.165, 1.54) is 0 Å². The first-order valence-electron chi connectivity index (χ1n) is 9.44. The number of aromatic nitrogens is 2. The molecule has 2 aromatic carbocycles. The summed E-state index contributed by atoms with van der Waals surface area (Å²) in [6.07, 6.45) is 0.469. The molecule has 0 radical (unpaired) electrons. The number of hydrogen-bond acceptors (Lipinski definition) is 6. The van der Waals surface area contributed by atoms with Crippen molar-refractivity contribution in [3.8, 4) is 22.9 Å². The first kappa shape index (κ1) is 20.4. The van der Waals surface area contributed by atoms with Gasteiger partial charge in [-0.2, -0.15) is 4.98 Å². The third-order valence-corrected chi connectivity index (χ3v) is 4.58. The van der Waals surface area contributed by atoms with Gasteiger partial charge in [-0.15, -0.1) is 0 Å². The molecule has 0 saturated carbocycles. The maximum atomic E-state index is 12.8. The SMILES string of the molecule is COc1ccc(-c2noc(CCN(C(=O)c3ccccc3)C(C)C)n2)cc1OC. The monoisotopic (exact) mass is 395 g/mol. The summed E-state index contributed by atoms with van der Waals surface area (Å²) >= 11 is 0. The van der Waals surface area contributed by atoms with E-state index in [4.69, 9.17) is 14.0 Å². The van der Waals surface area contributed by atoms with Gasteiger partial charge in [-0.1, -0.05) is 23.4 Å². The Morgan fingerprint density at radius 2 is 1.79 bits per heavy atom. The van der Waals surface area contributed by atoms with Crippen molar-refractivity contribution in [3.63, 3.8) is 0 Å². The minimum absolute atomic E-state index is 0.0137. The fraction of sp³-hybridized carbons (Fsp3) is 0.318. The molecule has 0 atom stereocenters. The van der Waals surface area contributed by atoms with Crippen LogP contribution in [0.5, 0.6) is 11.5 Å². The summed E-state index contributed by atoms with van der Waals surface area (Å²) in [5.41, 5.74) is 1.43. The van der Waals surface area contributed by atoms with Crippen LogP contribution < -0.4 is 9.47 Å². The highest BCUT2D eigenvalue weighted by Gasteiger charge is 2.20. The lowest BCUT2D eigenvalue weighted by molar-refractivity contribution is 0.0704. The van der Waals surface area contributed by atoms with Gasteiger partial charge < -0.3 is 18.9 Å². The van der Waals surface area contributed by atoms with Crippen LogP contribution in [0.3, 0.4) is 0 Å². The van der Waals surface area contributed by atoms with Crippen LogP contribution in [0.1, 0.15) is 30.1 Å². The quantitative estimate of drug-likeness (QED) is 0.577. The Morgan fingerprint density at radius 3 is 2.45 bits per heavy atom. The van der Waals surface area contributed by atoms with Crippen molar-refractivity contribution in [2.75, 3.05) is 20.8 Å². The standard InChI is InChI=1S/C22H25N3O4/c1-15(2)25(22(26)16-8-6-5-7-9-16)13-12-20-23-21(24-29-20)17-10-11-18(27-3)19(14-17)28-4/h5-11,14-15H,12-13H2,1-4H3. The summed E-state index contributed by atoms with van der Waals surface area (Å²) in [6, 6.07) is 14.7. The molecule has 0 aliphatic carbocycles. The molecular weight excluding hydrogens is 370 g/mol. The Morgan fingerprint density at radius 1 is 1.07 bits per heavy atom. The molecule has 152 valence electrons. The topological polar surface area (TPSA) is 77.7 Å². The minimum atomic E-state index is -0.0137. The molecule has 7 nitrogen and oxygen atoms in total. The molecule has 1 heterocycles. The Kier molecular flexibility index (Phi) is 6.49. The Hall–Kier alpha value is -3.35. The number of rotatable bonds is 8. The summed E-state index contributed by atoms with van der Waals surface area (Å²) in [7, 11) is 3.16. The van der Waals surface area contributed by atoms with E-state index >= 15 is 0 Å². The lowest BCUT2D eigenvalue weighted by Gasteiger charge is -2.26. The van der Waals surface area contributed by atoms with E-state index < -0.39 is 0 Å². The van der Waals surface area contributed by atoms with Crippen molar-refractivity contribution in [2.24, 2.45) is 0 Å².